The Bertz CT molecular complexity index is 687. The van der Waals surface area contributed by atoms with Crippen LogP contribution in [0.2, 0.25) is 5.02 Å². The first-order valence-corrected chi connectivity index (χ1v) is 9.47. The highest BCUT2D eigenvalue weighted by molar-refractivity contribution is 6.31. The summed E-state index contributed by atoms with van der Waals surface area (Å²) in [6.07, 6.45) is 1.31. The predicted molar refractivity (Wildman–Crippen MR) is 102 cm³/mol. The van der Waals surface area contributed by atoms with Gasteiger partial charge < -0.3 is 15.0 Å². The van der Waals surface area contributed by atoms with Crippen molar-refractivity contribution >= 4 is 29.1 Å². The van der Waals surface area contributed by atoms with Crippen molar-refractivity contribution in [1.82, 2.24) is 10.2 Å². The molecule has 7 heteroatoms. The molecule has 2 heterocycles. The standard InChI is InChI=1S/C19H26ClN3O3/c1-19(2,22-8-10-26-11-9-22)13-21-18(25)15-6-5-14(20)12-16(15)23-7-3-4-17(23)24/h5-6,12H,3-4,7-11,13H2,1-2H3,(H,21,25). The van der Waals surface area contributed by atoms with Crippen LogP contribution in [-0.2, 0) is 9.53 Å². The predicted octanol–water partition coefficient (Wildman–Crippen LogP) is 2.31. The third-order valence-electron chi connectivity index (χ3n) is 5.12. The average molecular weight is 380 g/mol. The smallest absolute Gasteiger partial charge is 0.253 e. The van der Waals surface area contributed by atoms with Gasteiger partial charge in [0.25, 0.3) is 5.91 Å². The summed E-state index contributed by atoms with van der Waals surface area (Å²) in [7, 11) is 0. The molecule has 2 amide bonds. The molecule has 0 unspecified atom stereocenters. The molecule has 2 aliphatic rings. The van der Waals surface area contributed by atoms with Gasteiger partial charge in [0.2, 0.25) is 5.91 Å². The molecule has 142 valence electrons. The first-order valence-electron chi connectivity index (χ1n) is 9.09. The molecule has 0 aliphatic carbocycles. The fraction of sp³-hybridized carbons (Fsp3) is 0.579. The summed E-state index contributed by atoms with van der Waals surface area (Å²) >= 11 is 6.11. The highest BCUT2D eigenvalue weighted by Crippen LogP contribution is 2.29. The lowest BCUT2D eigenvalue weighted by Gasteiger charge is -2.40. The van der Waals surface area contributed by atoms with Crippen molar-refractivity contribution in [2.75, 3.05) is 44.3 Å². The van der Waals surface area contributed by atoms with E-state index in [1.807, 2.05) is 0 Å². The van der Waals surface area contributed by atoms with Crippen LogP contribution in [0.15, 0.2) is 18.2 Å². The Labute approximate surface area is 159 Å². The Hall–Kier alpha value is -1.63. The van der Waals surface area contributed by atoms with Gasteiger partial charge in [0, 0.05) is 43.2 Å². The summed E-state index contributed by atoms with van der Waals surface area (Å²) in [5.41, 5.74) is 0.916. The number of rotatable bonds is 5. The summed E-state index contributed by atoms with van der Waals surface area (Å²) in [5.74, 6) is -0.146. The zero-order valence-electron chi connectivity index (χ0n) is 15.4. The summed E-state index contributed by atoms with van der Waals surface area (Å²) < 4.78 is 5.40. The molecule has 2 saturated heterocycles. The van der Waals surface area contributed by atoms with E-state index in [-0.39, 0.29) is 17.4 Å². The van der Waals surface area contributed by atoms with E-state index in [1.165, 1.54) is 0 Å². The first kappa shape index (κ1) is 19.1. The number of hydrogen-bond acceptors (Lipinski definition) is 4. The molecule has 3 rings (SSSR count). The number of morpholine rings is 1. The fourth-order valence-corrected chi connectivity index (χ4v) is 3.66. The topological polar surface area (TPSA) is 61.9 Å². The van der Waals surface area contributed by atoms with E-state index >= 15 is 0 Å². The van der Waals surface area contributed by atoms with Crippen LogP contribution in [0, 0.1) is 0 Å². The number of benzene rings is 1. The van der Waals surface area contributed by atoms with Crippen molar-refractivity contribution in [2.45, 2.75) is 32.2 Å². The Balaban J connectivity index is 1.72. The lowest BCUT2D eigenvalue weighted by molar-refractivity contribution is -0.117. The van der Waals surface area contributed by atoms with Gasteiger partial charge in [0.05, 0.1) is 24.5 Å². The number of carbonyl (C=O) groups excluding carboxylic acids is 2. The molecule has 1 aromatic rings. The molecular formula is C19H26ClN3O3. The van der Waals surface area contributed by atoms with Crippen LogP contribution < -0.4 is 10.2 Å². The van der Waals surface area contributed by atoms with E-state index < -0.39 is 0 Å². The van der Waals surface area contributed by atoms with Crippen molar-refractivity contribution in [1.29, 1.82) is 0 Å². The van der Waals surface area contributed by atoms with Gasteiger partial charge in [-0.25, -0.2) is 0 Å². The normalized spacial score (nSPS) is 19.0. The maximum Gasteiger partial charge on any atom is 0.253 e. The van der Waals surface area contributed by atoms with Crippen LogP contribution in [-0.4, -0.2) is 61.6 Å². The van der Waals surface area contributed by atoms with E-state index in [0.29, 0.717) is 35.8 Å². The summed E-state index contributed by atoms with van der Waals surface area (Å²) in [6, 6.07) is 5.08. The van der Waals surface area contributed by atoms with Crippen LogP contribution in [0.3, 0.4) is 0 Å². The highest BCUT2D eigenvalue weighted by atomic mass is 35.5. The second-order valence-corrected chi connectivity index (χ2v) is 7.84. The van der Waals surface area contributed by atoms with Crippen molar-refractivity contribution in [3.8, 4) is 0 Å². The minimum Gasteiger partial charge on any atom is -0.379 e. The number of nitrogens with one attached hydrogen (secondary N) is 1. The first-order chi connectivity index (χ1) is 12.4. The van der Waals surface area contributed by atoms with Gasteiger partial charge in [-0.1, -0.05) is 11.6 Å². The molecular weight excluding hydrogens is 354 g/mol. The molecule has 26 heavy (non-hydrogen) atoms. The van der Waals surface area contributed by atoms with Crippen LogP contribution in [0.4, 0.5) is 5.69 Å². The number of nitrogens with zero attached hydrogens (tertiary/aromatic N) is 2. The van der Waals surface area contributed by atoms with Crippen molar-refractivity contribution < 1.29 is 14.3 Å². The number of carbonyl (C=O) groups is 2. The molecule has 0 radical (unpaired) electrons. The van der Waals surface area contributed by atoms with E-state index in [2.05, 4.69) is 24.1 Å². The molecule has 6 nitrogen and oxygen atoms in total. The van der Waals surface area contributed by atoms with Crippen LogP contribution in [0.5, 0.6) is 0 Å². The van der Waals surface area contributed by atoms with Gasteiger partial charge in [0.15, 0.2) is 0 Å². The SMILES string of the molecule is CC(C)(CNC(=O)c1ccc(Cl)cc1N1CCCC1=O)N1CCOCC1. The zero-order chi connectivity index (χ0) is 18.7. The highest BCUT2D eigenvalue weighted by Gasteiger charge is 2.30. The number of anilines is 1. The lowest BCUT2D eigenvalue weighted by atomic mass is 10.0. The molecule has 1 N–H and O–H groups in total. The average Bonchev–Trinajstić information content (AvgIpc) is 3.06. The van der Waals surface area contributed by atoms with Crippen LogP contribution >= 0.6 is 11.6 Å². The van der Waals surface area contributed by atoms with Gasteiger partial charge >= 0.3 is 0 Å². The Kier molecular flexibility index (Phi) is 5.85. The van der Waals surface area contributed by atoms with E-state index in [0.717, 1.165) is 32.7 Å². The molecule has 1 aromatic carbocycles. The fourth-order valence-electron chi connectivity index (χ4n) is 3.50. The van der Waals surface area contributed by atoms with Crippen LogP contribution in [0.25, 0.3) is 0 Å². The monoisotopic (exact) mass is 379 g/mol. The molecule has 0 atom stereocenters. The van der Waals surface area contributed by atoms with Crippen molar-refractivity contribution in [3.05, 3.63) is 28.8 Å². The second kappa shape index (κ2) is 7.94. The quantitative estimate of drug-likeness (QED) is 0.852. The van der Waals surface area contributed by atoms with Gasteiger partial charge in [-0.15, -0.1) is 0 Å². The van der Waals surface area contributed by atoms with E-state index in [9.17, 15) is 9.59 Å². The molecule has 2 aliphatic heterocycles. The number of hydrogen-bond donors (Lipinski definition) is 1. The van der Waals surface area contributed by atoms with Gasteiger partial charge in [-0.05, 0) is 38.5 Å². The van der Waals surface area contributed by atoms with Crippen molar-refractivity contribution in [3.63, 3.8) is 0 Å². The minimum atomic E-state index is -0.183. The van der Waals surface area contributed by atoms with E-state index in [1.54, 1.807) is 23.1 Å². The third-order valence-corrected chi connectivity index (χ3v) is 5.35. The zero-order valence-corrected chi connectivity index (χ0v) is 16.1. The maximum atomic E-state index is 12.8. The van der Waals surface area contributed by atoms with Crippen molar-refractivity contribution in [2.24, 2.45) is 0 Å². The summed E-state index contributed by atoms with van der Waals surface area (Å²) in [5, 5.41) is 3.55. The molecule has 0 spiro atoms. The lowest BCUT2D eigenvalue weighted by Crippen LogP contribution is -2.55. The Morgan fingerprint density at radius 3 is 2.65 bits per heavy atom. The molecule has 0 saturated carbocycles. The molecule has 2 fully saturated rings. The van der Waals surface area contributed by atoms with Gasteiger partial charge in [0.1, 0.15) is 0 Å². The number of amides is 2. The third kappa shape index (κ3) is 4.19. The molecule has 0 aromatic heterocycles. The van der Waals surface area contributed by atoms with Gasteiger partial charge in [-0.2, -0.15) is 0 Å². The largest absolute Gasteiger partial charge is 0.379 e. The van der Waals surface area contributed by atoms with E-state index in [4.69, 9.17) is 16.3 Å². The van der Waals surface area contributed by atoms with Gasteiger partial charge in [-0.3, -0.25) is 14.5 Å². The molecule has 0 bridgehead atoms. The minimum absolute atomic E-state index is 0.0370. The Morgan fingerprint density at radius 1 is 1.27 bits per heavy atom. The maximum absolute atomic E-state index is 12.8. The Morgan fingerprint density at radius 2 is 2.00 bits per heavy atom. The summed E-state index contributed by atoms with van der Waals surface area (Å²) in [6.45, 7) is 8.53. The number of ether oxygens (including phenoxy) is 1. The van der Waals surface area contributed by atoms with Crippen LogP contribution in [0.1, 0.15) is 37.0 Å². The number of halogens is 1. The summed E-state index contributed by atoms with van der Waals surface area (Å²) in [4.78, 5) is 28.9. The second-order valence-electron chi connectivity index (χ2n) is 7.40.